The lowest BCUT2D eigenvalue weighted by molar-refractivity contribution is -0.127. The highest BCUT2D eigenvalue weighted by Crippen LogP contribution is 2.40. The van der Waals surface area contributed by atoms with Crippen LogP contribution in [0.1, 0.15) is 25.7 Å². The molecule has 2 N–H and O–H groups in total. The highest BCUT2D eigenvalue weighted by molar-refractivity contribution is 7.99. The molecule has 4 aliphatic heterocycles. The summed E-state index contributed by atoms with van der Waals surface area (Å²) in [7, 11) is 0. The summed E-state index contributed by atoms with van der Waals surface area (Å²) in [5.74, 6) is 2.82. The third-order valence-corrected chi connectivity index (χ3v) is 6.31. The van der Waals surface area contributed by atoms with Gasteiger partial charge in [-0.1, -0.05) is 0 Å². The largest absolute Gasteiger partial charge is 0.380 e. The zero-order chi connectivity index (χ0) is 12.3. The van der Waals surface area contributed by atoms with Crippen molar-refractivity contribution in [3.63, 3.8) is 0 Å². The summed E-state index contributed by atoms with van der Waals surface area (Å²) in [6, 6.07) is 0. The predicted octanol–water partition coefficient (Wildman–Crippen LogP) is 1.49. The van der Waals surface area contributed by atoms with Crippen LogP contribution in [0, 0.1) is 10.8 Å². The lowest BCUT2D eigenvalue weighted by Gasteiger charge is -2.44. The normalized spacial score (nSPS) is 37.3. The molecule has 3 nitrogen and oxygen atoms in total. The average Bonchev–Trinajstić information content (AvgIpc) is 3.03. The Labute approximate surface area is 115 Å². The highest BCUT2D eigenvalue weighted by atomic mass is 32.2. The highest BCUT2D eigenvalue weighted by Gasteiger charge is 2.39. The Morgan fingerprint density at radius 2 is 1.56 bits per heavy atom. The molecule has 0 aliphatic carbocycles. The second-order valence-corrected chi connectivity index (χ2v) is 7.58. The van der Waals surface area contributed by atoms with Crippen LogP contribution in [0.15, 0.2) is 0 Å². The summed E-state index contributed by atoms with van der Waals surface area (Å²) >= 11 is 2.13. The number of ether oxygens (including phenoxy) is 1. The van der Waals surface area contributed by atoms with E-state index in [-0.39, 0.29) is 0 Å². The molecular weight excluding hydrogens is 244 g/mol. The van der Waals surface area contributed by atoms with E-state index in [1.165, 1.54) is 63.4 Å². The van der Waals surface area contributed by atoms with Gasteiger partial charge in [-0.3, -0.25) is 0 Å². The first-order chi connectivity index (χ1) is 8.83. The third-order valence-electron chi connectivity index (χ3n) is 5.00. The summed E-state index contributed by atoms with van der Waals surface area (Å²) in [5, 5.41) is 6.79. The molecule has 0 aromatic heterocycles. The molecule has 18 heavy (non-hydrogen) atoms. The van der Waals surface area contributed by atoms with Crippen LogP contribution in [-0.4, -0.2) is 50.9 Å². The molecule has 0 aromatic rings. The van der Waals surface area contributed by atoms with Gasteiger partial charge in [-0.05, 0) is 56.5 Å². The molecule has 1 unspecified atom stereocenters. The molecule has 4 heteroatoms. The van der Waals surface area contributed by atoms with Crippen LogP contribution in [0.4, 0.5) is 0 Å². The molecule has 0 aromatic carbocycles. The van der Waals surface area contributed by atoms with Crippen molar-refractivity contribution in [2.24, 2.45) is 10.8 Å². The maximum Gasteiger partial charge on any atom is 0.0545 e. The van der Waals surface area contributed by atoms with E-state index < -0.39 is 0 Å². The van der Waals surface area contributed by atoms with Crippen LogP contribution in [0.25, 0.3) is 0 Å². The first kappa shape index (κ1) is 13.2. The average molecular weight is 270 g/mol. The molecule has 0 amide bonds. The van der Waals surface area contributed by atoms with Crippen molar-refractivity contribution in [2.75, 3.05) is 50.9 Å². The van der Waals surface area contributed by atoms with Gasteiger partial charge in [0.15, 0.2) is 0 Å². The fourth-order valence-corrected chi connectivity index (χ4v) is 4.96. The summed E-state index contributed by atoms with van der Waals surface area (Å²) in [4.78, 5) is 0. The Bertz CT molecular complexity index is 243. The fourth-order valence-electron chi connectivity index (χ4n) is 3.42. The van der Waals surface area contributed by atoms with E-state index in [0.717, 1.165) is 18.6 Å². The maximum absolute atomic E-state index is 5.19. The van der Waals surface area contributed by atoms with Gasteiger partial charge in [0.05, 0.1) is 13.2 Å². The van der Waals surface area contributed by atoms with Crippen molar-refractivity contribution >= 4 is 11.8 Å². The summed E-state index contributed by atoms with van der Waals surface area (Å²) in [6.07, 6.45) is 5.55. The standard InChI is InChI=1S/C7H13NO.C7H13NS/c1-3-8-4-2-7(1)5-9-6-7;1-3-8-5-7(1)2-4-9-6-7/h2*8H,1-6H2. The first-order valence-electron chi connectivity index (χ1n) is 7.40. The van der Waals surface area contributed by atoms with Crippen molar-refractivity contribution in [3.8, 4) is 0 Å². The smallest absolute Gasteiger partial charge is 0.0545 e. The van der Waals surface area contributed by atoms with Crippen LogP contribution < -0.4 is 10.6 Å². The number of hydrogen-bond donors (Lipinski definition) is 2. The van der Waals surface area contributed by atoms with Gasteiger partial charge in [0.2, 0.25) is 0 Å². The zero-order valence-corrected chi connectivity index (χ0v) is 12.1. The number of piperidine rings is 1. The molecular formula is C14H26N2OS. The van der Waals surface area contributed by atoms with Crippen molar-refractivity contribution < 1.29 is 4.74 Å². The topological polar surface area (TPSA) is 33.3 Å². The monoisotopic (exact) mass is 270 g/mol. The summed E-state index contributed by atoms with van der Waals surface area (Å²) < 4.78 is 5.19. The molecule has 4 fully saturated rings. The van der Waals surface area contributed by atoms with Crippen LogP contribution in [0.3, 0.4) is 0 Å². The molecule has 4 rings (SSSR count). The Morgan fingerprint density at radius 1 is 0.833 bits per heavy atom. The summed E-state index contributed by atoms with van der Waals surface area (Å²) in [5.41, 5.74) is 1.36. The van der Waals surface area contributed by atoms with E-state index in [1.54, 1.807) is 0 Å². The minimum absolute atomic E-state index is 0.616. The molecule has 4 aliphatic rings. The second-order valence-electron chi connectivity index (χ2n) is 6.47. The fraction of sp³-hybridized carbons (Fsp3) is 1.00. The minimum Gasteiger partial charge on any atom is -0.380 e. The van der Waals surface area contributed by atoms with Crippen molar-refractivity contribution in [2.45, 2.75) is 25.7 Å². The number of nitrogens with one attached hydrogen (secondary N) is 2. The van der Waals surface area contributed by atoms with E-state index in [9.17, 15) is 0 Å². The van der Waals surface area contributed by atoms with E-state index in [4.69, 9.17) is 4.74 Å². The Kier molecular flexibility index (Phi) is 4.18. The van der Waals surface area contributed by atoms with Crippen LogP contribution in [-0.2, 0) is 4.74 Å². The third kappa shape index (κ3) is 2.87. The molecule has 104 valence electrons. The minimum atomic E-state index is 0.616. The number of hydrogen-bond acceptors (Lipinski definition) is 4. The molecule has 4 heterocycles. The molecule has 2 spiro atoms. The first-order valence-corrected chi connectivity index (χ1v) is 8.55. The van der Waals surface area contributed by atoms with Gasteiger partial charge < -0.3 is 15.4 Å². The molecule has 0 radical (unpaired) electrons. The van der Waals surface area contributed by atoms with Crippen LogP contribution >= 0.6 is 11.8 Å². The quantitative estimate of drug-likeness (QED) is 0.699. The summed E-state index contributed by atoms with van der Waals surface area (Å²) in [6.45, 7) is 7.00. The van der Waals surface area contributed by atoms with Crippen molar-refractivity contribution in [3.05, 3.63) is 0 Å². The second kappa shape index (κ2) is 5.70. The van der Waals surface area contributed by atoms with Crippen molar-refractivity contribution in [1.29, 1.82) is 0 Å². The van der Waals surface area contributed by atoms with Gasteiger partial charge in [0, 0.05) is 17.7 Å². The van der Waals surface area contributed by atoms with E-state index in [0.29, 0.717) is 5.41 Å². The Morgan fingerprint density at radius 3 is 2.00 bits per heavy atom. The number of rotatable bonds is 0. The Hall–Kier alpha value is 0.230. The maximum atomic E-state index is 5.19. The van der Waals surface area contributed by atoms with Crippen molar-refractivity contribution in [1.82, 2.24) is 10.6 Å². The number of thioether (sulfide) groups is 1. The molecule has 0 saturated carbocycles. The van der Waals surface area contributed by atoms with E-state index in [2.05, 4.69) is 22.4 Å². The van der Waals surface area contributed by atoms with Gasteiger partial charge in [-0.15, -0.1) is 0 Å². The van der Waals surface area contributed by atoms with Crippen LogP contribution in [0.2, 0.25) is 0 Å². The predicted molar refractivity (Wildman–Crippen MR) is 77.2 cm³/mol. The lowest BCUT2D eigenvalue weighted by atomic mass is 9.77. The Balaban J connectivity index is 0.000000111. The van der Waals surface area contributed by atoms with E-state index in [1.807, 2.05) is 0 Å². The van der Waals surface area contributed by atoms with Gasteiger partial charge in [0.1, 0.15) is 0 Å². The molecule has 0 bridgehead atoms. The zero-order valence-electron chi connectivity index (χ0n) is 11.3. The molecule has 4 saturated heterocycles. The van der Waals surface area contributed by atoms with Crippen LogP contribution in [0.5, 0.6) is 0 Å². The van der Waals surface area contributed by atoms with Gasteiger partial charge >= 0.3 is 0 Å². The van der Waals surface area contributed by atoms with E-state index >= 15 is 0 Å². The van der Waals surface area contributed by atoms with Gasteiger partial charge in [-0.25, -0.2) is 0 Å². The SMILES string of the molecule is C1CC2(CCN1)COC2.C1CC2(CCSC2)CN1. The van der Waals surface area contributed by atoms with Gasteiger partial charge in [-0.2, -0.15) is 11.8 Å². The molecule has 1 atom stereocenters. The van der Waals surface area contributed by atoms with Gasteiger partial charge in [0.25, 0.3) is 0 Å². The lowest BCUT2D eigenvalue weighted by Crippen LogP contribution is -2.49.